The highest BCUT2D eigenvalue weighted by Gasteiger charge is 2.41. The summed E-state index contributed by atoms with van der Waals surface area (Å²) < 4.78 is 64.8. The van der Waals surface area contributed by atoms with Crippen molar-refractivity contribution in [1.29, 1.82) is 0 Å². The monoisotopic (exact) mass is 393 g/mol. The smallest absolute Gasteiger partial charge is 0.405 e. The molecule has 146 valence electrons. The fraction of sp³-hybridized carbons (Fsp3) is 0.562. The Balaban J connectivity index is 2.09. The molecule has 0 spiro atoms. The zero-order valence-electron chi connectivity index (χ0n) is 14.8. The molecule has 0 amide bonds. The summed E-state index contributed by atoms with van der Waals surface area (Å²) in [6.45, 7) is 3.87. The van der Waals surface area contributed by atoms with Crippen molar-refractivity contribution in [1.82, 2.24) is 10.2 Å². The number of nitrogens with zero attached hydrogens (tertiary/aromatic N) is 2. The van der Waals surface area contributed by atoms with Gasteiger partial charge in [0.25, 0.3) is 0 Å². The molecular formula is C16H22F3N3O3S. The van der Waals surface area contributed by atoms with Crippen molar-refractivity contribution in [2.45, 2.75) is 31.5 Å². The van der Waals surface area contributed by atoms with Gasteiger partial charge in [0.1, 0.15) is 5.75 Å². The van der Waals surface area contributed by atoms with Crippen molar-refractivity contribution in [3.8, 4) is 5.75 Å². The molecule has 0 bridgehead atoms. The van der Waals surface area contributed by atoms with Crippen molar-refractivity contribution < 1.29 is 26.3 Å². The zero-order chi connectivity index (χ0) is 19.6. The normalized spacial score (nSPS) is 19.9. The first-order valence-corrected chi connectivity index (χ1v) is 9.62. The molecule has 0 aromatic heterocycles. The Morgan fingerprint density at radius 3 is 2.58 bits per heavy atom. The van der Waals surface area contributed by atoms with Crippen molar-refractivity contribution in [3.05, 3.63) is 29.8 Å². The Morgan fingerprint density at radius 1 is 1.35 bits per heavy atom. The van der Waals surface area contributed by atoms with E-state index in [1.807, 2.05) is 0 Å². The Kier molecular flexibility index (Phi) is 5.74. The van der Waals surface area contributed by atoms with Gasteiger partial charge in [-0.3, -0.25) is 4.99 Å². The molecule has 0 saturated carbocycles. The van der Waals surface area contributed by atoms with Crippen molar-refractivity contribution in [2.24, 2.45) is 4.99 Å². The van der Waals surface area contributed by atoms with E-state index in [1.165, 1.54) is 25.2 Å². The van der Waals surface area contributed by atoms with Gasteiger partial charge in [-0.25, -0.2) is 8.42 Å². The van der Waals surface area contributed by atoms with Crippen LogP contribution in [0.1, 0.15) is 19.4 Å². The molecule has 1 saturated heterocycles. The maximum absolute atomic E-state index is 12.5. The van der Waals surface area contributed by atoms with E-state index in [-0.39, 0.29) is 31.1 Å². The Bertz CT molecular complexity index is 776. The molecule has 1 aliphatic rings. The third kappa shape index (κ3) is 4.80. The van der Waals surface area contributed by atoms with Gasteiger partial charge < -0.3 is 15.0 Å². The summed E-state index contributed by atoms with van der Waals surface area (Å²) in [7, 11) is -1.66. The fourth-order valence-corrected chi connectivity index (χ4v) is 4.07. The lowest BCUT2D eigenvalue weighted by atomic mass is 10.2. The second-order valence-corrected chi connectivity index (χ2v) is 9.30. The molecule has 1 N–H and O–H groups in total. The van der Waals surface area contributed by atoms with Gasteiger partial charge in [0.2, 0.25) is 0 Å². The van der Waals surface area contributed by atoms with Crippen LogP contribution in [0.2, 0.25) is 0 Å². The van der Waals surface area contributed by atoms with E-state index in [4.69, 9.17) is 0 Å². The number of halogens is 3. The number of para-hydroxylation sites is 1. The Labute approximate surface area is 151 Å². The second-order valence-electron chi connectivity index (χ2n) is 6.56. The predicted octanol–water partition coefficient (Wildman–Crippen LogP) is 2.17. The molecule has 0 unspecified atom stereocenters. The van der Waals surface area contributed by atoms with Gasteiger partial charge in [-0.05, 0) is 19.9 Å². The quantitative estimate of drug-likeness (QED) is 0.630. The minimum absolute atomic E-state index is 0.00548. The van der Waals surface area contributed by atoms with Crippen LogP contribution in [0.3, 0.4) is 0 Å². The van der Waals surface area contributed by atoms with Gasteiger partial charge in [0.05, 0.1) is 10.5 Å². The number of guanidine groups is 1. The van der Waals surface area contributed by atoms with Crippen molar-refractivity contribution in [2.75, 3.05) is 25.9 Å². The number of hydrogen-bond acceptors (Lipinski definition) is 4. The van der Waals surface area contributed by atoms with Crippen LogP contribution in [0.5, 0.6) is 5.75 Å². The van der Waals surface area contributed by atoms with E-state index < -0.39 is 20.9 Å². The molecule has 1 aliphatic heterocycles. The largest absolute Gasteiger partial charge is 0.573 e. The van der Waals surface area contributed by atoms with Crippen LogP contribution in [0.4, 0.5) is 13.2 Å². The number of benzene rings is 1. The van der Waals surface area contributed by atoms with Crippen LogP contribution >= 0.6 is 0 Å². The average Bonchev–Trinajstić information content (AvgIpc) is 2.51. The van der Waals surface area contributed by atoms with Crippen LogP contribution in [-0.2, 0) is 16.4 Å². The molecule has 1 heterocycles. The minimum Gasteiger partial charge on any atom is -0.405 e. The summed E-state index contributed by atoms with van der Waals surface area (Å²) in [5.41, 5.74) is 0.315. The first kappa shape index (κ1) is 20.3. The van der Waals surface area contributed by atoms with Crippen molar-refractivity contribution >= 4 is 15.8 Å². The fourth-order valence-electron chi connectivity index (χ4n) is 2.71. The van der Waals surface area contributed by atoms with Gasteiger partial charge in [0, 0.05) is 32.2 Å². The Hall–Kier alpha value is -1.97. The number of rotatable bonds is 3. The summed E-state index contributed by atoms with van der Waals surface area (Å²) in [4.78, 5) is 5.90. The predicted molar refractivity (Wildman–Crippen MR) is 92.8 cm³/mol. The van der Waals surface area contributed by atoms with E-state index in [0.29, 0.717) is 11.5 Å². The zero-order valence-corrected chi connectivity index (χ0v) is 15.6. The van der Waals surface area contributed by atoms with Crippen LogP contribution in [0.25, 0.3) is 0 Å². The standard InChI is InChI=1S/C16H22F3N3O3S/c1-15(2)11-22(8-9-26(15,23)24)14(20-3)21-10-12-6-4-5-7-13(12)25-16(17,18)19/h4-7H,8-11H2,1-3H3,(H,20,21). The first-order chi connectivity index (χ1) is 12.0. The number of hydrogen-bond donors (Lipinski definition) is 1. The molecular weight excluding hydrogens is 371 g/mol. The number of alkyl halides is 3. The molecule has 0 aliphatic carbocycles. The molecule has 10 heteroatoms. The molecule has 1 aromatic rings. The molecule has 1 fully saturated rings. The lowest BCUT2D eigenvalue weighted by Gasteiger charge is -2.39. The SMILES string of the molecule is CN=C(NCc1ccccc1OC(F)(F)F)N1CCS(=O)(=O)C(C)(C)C1. The maximum Gasteiger partial charge on any atom is 0.573 e. The van der Waals surface area contributed by atoms with Crippen molar-refractivity contribution in [3.63, 3.8) is 0 Å². The summed E-state index contributed by atoms with van der Waals surface area (Å²) in [5, 5.41) is 2.98. The minimum atomic E-state index is -4.77. The molecule has 26 heavy (non-hydrogen) atoms. The summed E-state index contributed by atoms with van der Waals surface area (Å²) in [6.07, 6.45) is -4.77. The molecule has 0 atom stereocenters. The summed E-state index contributed by atoms with van der Waals surface area (Å²) >= 11 is 0. The van der Waals surface area contributed by atoms with E-state index in [9.17, 15) is 21.6 Å². The van der Waals surface area contributed by atoms with E-state index in [1.54, 1.807) is 24.8 Å². The van der Waals surface area contributed by atoms with Crippen LogP contribution in [0, 0.1) is 0 Å². The van der Waals surface area contributed by atoms with Crippen LogP contribution < -0.4 is 10.1 Å². The van der Waals surface area contributed by atoms with Crippen LogP contribution in [-0.4, -0.2) is 56.3 Å². The highest BCUT2D eigenvalue weighted by Crippen LogP contribution is 2.27. The lowest BCUT2D eigenvalue weighted by Crippen LogP contribution is -2.57. The number of ether oxygens (including phenoxy) is 1. The first-order valence-electron chi connectivity index (χ1n) is 7.97. The molecule has 1 aromatic carbocycles. The van der Waals surface area contributed by atoms with Gasteiger partial charge in [0.15, 0.2) is 15.8 Å². The third-order valence-corrected chi connectivity index (χ3v) is 6.72. The third-order valence-electron chi connectivity index (χ3n) is 4.19. The Morgan fingerprint density at radius 2 is 2.00 bits per heavy atom. The van der Waals surface area contributed by atoms with E-state index in [2.05, 4.69) is 15.0 Å². The lowest BCUT2D eigenvalue weighted by molar-refractivity contribution is -0.274. The van der Waals surface area contributed by atoms with E-state index in [0.717, 1.165) is 0 Å². The van der Waals surface area contributed by atoms with Gasteiger partial charge in [-0.2, -0.15) is 0 Å². The maximum atomic E-state index is 12.5. The van der Waals surface area contributed by atoms with Crippen LogP contribution in [0.15, 0.2) is 29.3 Å². The number of nitrogens with one attached hydrogen (secondary N) is 1. The molecule has 2 rings (SSSR count). The van der Waals surface area contributed by atoms with Gasteiger partial charge in [-0.15, -0.1) is 13.2 Å². The van der Waals surface area contributed by atoms with E-state index >= 15 is 0 Å². The average molecular weight is 393 g/mol. The second kappa shape index (κ2) is 7.34. The molecule has 6 nitrogen and oxygen atoms in total. The highest BCUT2D eigenvalue weighted by molar-refractivity contribution is 7.92. The highest BCUT2D eigenvalue weighted by atomic mass is 32.2. The topological polar surface area (TPSA) is 71.0 Å². The summed E-state index contributed by atoms with van der Waals surface area (Å²) in [6, 6.07) is 5.83. The van der Waals surface area contributed by atoms with Gasteiger partial charge in [-0.1, -0.05) is 18.2 Å². The van der Waals surface area contributed by atoms with Gasteiger partial charge >= 0.3 is 6.36 Å². The summed E-state index contributed by atoms with van der Waals surface area (Å²) in [5.74, 6) is 0.133. The number of sulfone groups is 1. The number of aliphatic imine (C=N–C) groups is 1. The molecule has 0 radical (unpaired) electrons.